The fourth-order valence-corrected chi connectivity index (χ4v) is 4.05. The lowest BCUT2D eigenvalue weighted by atomic mass is 10.3. The highest BCUT2D eigenvalue weighted by Gasteiger charge is 2.39. The molecule has 1 amide bonds. The first-order valence-corrected chi connectivity index (χ1v) is 8.91. The first kappa shape index (κ1) is 15.5. The van der Waals surface area contributed by atoms with E-state index in [1.165, 1.54) is 10.4 Å². The van der Waals surface area contributed by atoms with Gasteiger partial charge < -0.3 is 10.1 Å². The summed E-state index contributed by atoms with van der Waals surface area (Å²) in [6.45, 7) is 3.57. The number of hydrogen-bond donors (Lipinski definition) is 1. The number of nitrogens with zero attached hydrogens (tertiary/aromatic N) is 1. The smallest absolute Gasteiger partial charge is 0.243 e. The summed E-state index contributed by atoms with van der Waals surface area (Å²) >= 11 is 0. The minimum Gasteiger partial charge on any atom is -0.379 e. The van der Waals surface area contributed by atoms with E-state index in [-0.39, 0.29) is 16.7 Å². The molecule has 0 unspecified atom stereocenters. The normalized spacial score (nSPS) is 25.7. The lowest BCUT2D eigenvalue weighted by Gasteiger charge is -2.26. The summed E-state index contributed by atoms with van der Waals surface area (Å²) in [5.74, 6) is 0.438. The molecule has 1 aromatic rings. The van der Waals surface area contributed by atoms with Crippen molar-refractivity contribution >= 4 is 21.6 Å². The Hall–Kier alpha value is -1.44. The summed E-state index contributed by atoms with van der Waals surface area (Å²) < 4.78 is 31.8. The van der Waals surface area contributed by atoms with E-state index in [1.807, 2.05) is 6.92 Å². The van der Waals surface area contributed by atoms with Crippen molar-refractivity contribution in [1.82, 2.24) is 4.31 Å². The van der Waals surface area contributed by atoms with Crippen LogP contribution in [0.5, 0.6) is 0 Å². The Labute approximate surface area is 130 Å². The molecule has 2 atom stereocenters. The summed E-state index contributed by atoms with van der Waals surface area (Å²) in [5.41, 5.74) is 0.526. The molecule has 1 heterocycles. The molecular weight excluding hydrogens is 304 g/mol. The molecule has 6 nitrogen and oxygen atoms in total. The molecule has 2 fully saturated rings. The zero-order valence-electron chi connectivity index (χ0n) is 12.5. The third kappa shape index (κ3) is 3.16. The molecule has 1 N–H and O–H groups in total. The maximum atomic E-state index is 12.6. The Morgan fingerprint density at radius 3 is 2.64 bits per heavy atom. The van der Waals surface area contributed by atoms with Crippen molar-refractivity contribution in [3.8, 4) is 0 Å². The van der Waals surface area contributed by atoms with Gasteiger partial charge in [-0.1, -0.05) is 13.0 Å². The summed E-state index contributed by atoms with van der Waals surface area (Å²) in [6, 6.07) is 6.44. The summed E-state index contributed by atoms with van der Waals surface area (Å²) in [4.78, 5) is 12.2. The van der Waals surface area contributed by atoms with Crippen molar-refractivity contribution in [3.05, 3.63) is 24.3 Å². The van der Waals surface area contributed by atoms with Gasteiger partial charge in [0.15, 0.2) is 0 Å². The Kier molecular flexibility index (Phi) is 4.20. The van der Waals surface area contributed by atoms with Crippen molar-refractivity contribution in [2.24, 2.45) is 11.8 Å². The second kappa shape index (κ2) is 5.98. The quantitative estimate of drug-likeness (QED) is 0.906. The summed E-state index contributed by atoms with van der Waals surface area (Å²) in [5, 5.41) is 2.80. The predicted molar refractivity (Wildman–Crippen MR) is 81.9 cm³/mol. The third-order valence-corrected chi connectivity index (χ3v) is 6.05. The van der Waals surface area contributed by atoms with Gasteiger partial charge in [0.05, 0.1) is 18.1 Å². The number of carbonyl (C=O) groups excluding carboxylic acids is 1. The SMILES string of the molecule is C[C@H]1C[C@@H]1C(=O)Nc1cccc(S(=O)(=O)N2CCOCC2)c1. The summed E-state index contributed by atoms with van der Waals surface area (Å²) in [6.07, 6.45) is 0.900. The topological polar surface area (TPSA) is 75.7 Å². The lowest BCUT2D eigenvalue weighted by Crippen LogP contribution is -2.40. The van der Waals surface area contributed by atoms with Crippen LogP contribution in [0.1, 0.15) is 13.3 Å². The van der Waals surface area contributed by atoms with Gasteiger partial charge >= 0.3 is 0 Å². The lowest BCUT2D eigenvalue weighted by molar-refractivity contribution is -0.117. The third-order valence-electron chi connectivity index (χ3n) is 4.16. The van der Waals surface area contributed by atoms with Gasteiger partial charge in [-0.3, -0.25) is 4.79 Å². The highest BCUT2D eigenvalue weighted by molar-refractivity contribution is 7.89. The molecule has 1 aliphatic carbocycles. The van der Waals surface area contributed by atoms with Gasteiger partial charge in [0.1, 0.15) is 0 Å². The van der Waals surface area contributed by atoms with Crippen molar-refractivity contribution in [3.63, 3.8) is 0 Å². The molecule has 3 rings (SSSR count). The molecule has 1 saturated heterocycles. The summed E-state index contributed by atoms with van der Waals surface area (Å²) in [7, 11) is -3.53. The average molecular weight is 324 g/mol. The molecule has 0 bridgehead atoms. The molecule has 2 aliphatic rings. The van der Waals surface area contributed by atoms with E-state index < -0.39 is 10.0 Å². The van der Waals surface area contributed by atoms with E-state index in [1.54, 1.807) is 18.2 Å². The van der Waals surface area contributed by atoms with Gasteiger partial charge in [-0.2, -0.15) is 4.31 Å². The largest absolute Gasteiger partial charge is 0.379 e. The molecule has 1 aliphatic heterocycles. The Morgan fingerprint density at radius 1 is 1.32 bits per heavy atom. The number of morpholine rings is 1. The maximum absolute atomic E-state index is 12.6. The second-order valence-electron chi connectivity index (χ2n) is 5.85. The fraction of sp³-hybridized carbons (Fsp3) is 0.533. The molecule has 0 aromatic heterocycles. The molecule has 1 saturated carbocycles. The highest BCUT2D eigenvalue weighted by atomic mass is 32.2. The molecule has 120 valence electrons. The van der Waals surface area contributed by atoms with Crippen LogP contribution in [0.4, 0.5) is 5.69 Å². The predicted octanol–water partition coefficient (Wildman–Crippen LogP) is 1.30. The van der Waals surface area contributed by atoms with Crippen LogP contribution in [0.3, 0.4) is 0 Å². The standard InChI is InChI=1S/C15H20N2O4S/c1-11-9-14(11)15(18)16-12-3-2-4-13(10-12)22(19,20)17-5-7-21-8-6-17/h2-4,10-11,14H,5-9H2,1H3,(H,16,18)/t11-,14-/m0/s1. The van der Waals surface area contributed by atoms with Crippen LogP contribution in [0, 0.1) is 11.8 Å². The van der Waals surface area contributed by atoms with Crippen LogP contribution in [-0.2, 0) is 19.6 Å². The minimum absolute atomic E-state index is 0.0339. The molecule has 1 aromatic carbocycles. The second-order valence-corrected chi connectivity index (χ2v) is 7.79. The number of ether oxygens (including phenoxy) is 1. The monoisotopic (exact) mass is 324 g/mol. The van der Waals surface area contributed by atoms with E-state index in [0.717, 1.165) is 6.42 Å². The molecule has 0 spiro atoms. The zero-order valence-corrected chi connectivity index (χ0v) is 13.3. The molecular formula is C15H20N2O4S. The van der Waals surface area contributed by atoms with Crippen LogP contribution >= 0.6 is 0 Å². The van der Waals surface area contributed by atoms with E-state index in [0.29, 0.717) is 37.9 Å². The van der Waals surface area contributed by atoms with Crippen LogP contribution < -0.4 is 5.32 Å². The Balaban J connectivity index is 1.76. The van der Waals surface area contributed by atoms with Crippen molar-refractivity contribution in [2.45, 2.75) is 18.2 Å². The van der Waals surface area contributed by atoms with Crippen LogP contribution in [0.15, 0.2) is 29.2 Å². The fourth-order valence-electron chi connectivity index (χ4n) is 2.59. The average Bonchev–Trinajstić information content (AvgIpc) is 3.25. The van der Waals surface area contributed by atoms with E-state index in [9.17, 15) is 13.2 Å². The van der Waals surface area contributed by atoms with Gasteiger partial charge in [-0.15, -0.1) is 0 Å². The molecule has 0 radical (unpaired) electrons. The Bertz CT molecular complexity index is 668. The van der Waals surface area contributed by atoms with E-state index in [2.05, 4.69) is 5.32 Å². The van der Waals surface area contributed by atoms with E-state index in [4.69, 9.17) is 4.74 Å². The number of hydrogen-bond acceptors (Lipinski definition) is 4. The molecule has 7 heteroatoms. The van der Waals surface area contributed by atoms with Crippen molar-refractivity contribution in [2.75, 3.05) is 31.6 Å². The number of anilines is 1. The number of rotatable bonds is 4. The first-order valence-electron chi connectivity index (χ1n) is 7.47. The maximum Gasteiger partial charge on any atom is 0.243 e. The Morgan fingerprint density at radius 2 is 2.00 bits per heavy atom. The van der Waals surface area contributed by atoms with Gasteiger partial charge in [-0.25, -0.2) is 8.42 Å². The number of sulfonamides is 1. The number of nitrogens with one attached hydrogen (secondary N) is 1. The van der Waals surface area contributed by atoms with Crippen molar-refractivity contribution in [1.29, 1.82) is 0 Å². The minimum atomic E-state index is -3.53. The van der Waals surface area contributed by atoms with Gasteiger partial charge in [0.25, 0.3) is 0 Å². The number of carbonyl (C=O) groups is 1. The van der Waals surface area contributed by atoms with Crippen LogP contribution in [0.25, 0.3) is 0 Å². The van der Waals surface area contributed by atoms with Gasteiger partial charge in [-0.05, 0) is 30.5 Å². The van der Waals surface area contributed by atoms with Gasteiger partial charge in [0, 0.05) is 24.7 Å². The van der Waals surface area contributed by atoms with Crippen LogP contribution in [-0.4, -0.2) is 44.9 Å². The highest BCUT2D eigenvalue weighted by Crippen LogP contribution is 2.38. The number of amides is 1. The zero-order chi connectivity index (χ0) is 15.7. The molecule has 22 heavy (non-hydrogen) atoms. The van der Waals surface area contributed by atoms with E-state index >= 15 is 0 Å². The van der Waals surface area contributed by atoms with Crippen LogP contribution in [0.2, 0.25) is 0 Å². The van der Waals surface area contributed by atoms with Gasteiger partial charge in [0.2, 0.25) is 15.9 Å². The van der Waals surface area contributed by atoms with Crippen molar-refractivity contribution < 1.29 is 17.9 Å². The number of benzene rings is 1. The first-order chi connectivity index (χ1) is 10.5.